The summed E-state index contributed by atoms with van der Waals surface area (Å²) in [7, 11) is 0. The van der Waals surface area contributed by atoms with E-state index < -0.39 is 18.0 Å². The monoisotopic (exact) mass is 421 g/mol. The topological polar surface area (TPSA) is 68.6 Å². The molecule has 5 nitrogen and oxygen atoms in total. The SMILES string of the molecule is C[C@@H]1CCC[C@](O)(CNC(O)c2c(Cl)ccc3nc(N4CCC(F)C4)ccc23)C1. The predicted molar refractivity (Wildman–Crippen MR) is 114 cm³/mol. The van der Waals surface area contributed by atoms with Crippen molar-refractivity contribution in [2.45, 2.75) is 57.0 Å². The zero-order chi connectivity index (χ0) is 20.6. The lowest BCUT2D eigenvalue weighted by Gasteiger charge is -2.36. The average molecular weight is 422 g/mol. The summed E-state index contributed by atoms with van der Waals surface area (Å²) in [6, 6.07) is 7.27. The van der Waals surface area contributed by atoms with Crippen molar-refractivity contribution in [1.82, 2.24) is 10.3 Å². The van der Waals surface area contributed by atoms with Gasteiger partial charge in [0.2, 0.25) is 0 Å². The largest absolute Gasteiger partial charge is 0.389 e. The van der Waals surface area contributed by atoms with Gasteiger partial charge in [-0.3, -0.25) is 5.32 Å². The van der Waals surface area contributed by atoms with Gasteiger partial charge in [-0.25, -0.2) is 9.37 Å². The summed E-state index contributed by atoms with van der Waals surface area (Å²) >= 11 is 6.41. The molecule has 2 unspecified atom stereocenters. The Balaban J connectivity index is 1.55. The van der Waals surface area contributed by atoms with Gasteiger partial charge in [0.05, 0.1) is 17.7 Å². The van der Waals surface area contributed by atoms with Crippen LogP contribution in [0.25, 0.3) is 10.9 Å². The fourth-order valence-corrected chi connectivity index (χ4v) is 5.02. The van der Waals surface area contributed by atoms with E-state index in [9.17, 15) is 14.6 Å². The van der Waals surface area contributed by atoms with E-state index in [1.807, 2.05) is 23.1 Å². The fraction of sp³-hybridized carbons (Fsp3) is 0.591. The minimum atomic E-state index is -1.01. The number of nitrogens with zero attached hydrogens (tertiary/aromatic N) is 2. The van der Waals surface area contributed by atoms with Gasteiger partial charge in [-0.05, 0) is 49.4 Å². The number of rotatable bonds is 5. The number of hydrogen-bond donors (Lipinski definition) is 3. The van der Waals surface area contributed by atoms with Crippen LogP contribution in [0.5, 0.6) is 0 Å². The van der Waals surface area contributed by atoms with E-state index in [4.69, 9.17) is 11.6 Å². The summed E-state index contributed by atoms with van der Waals surface area (Å²) in [4.78, 5) is 6.60. The molecule has 2 aliphatic rings. The van der Waals surface area contributed by atoms with Crippen LogP contribution in [0.2, 0.25) is 5.02 Å². The molecule has 0 spiro atoms. The van der Waals surface area contributed by atoms with Crippen LogP contribution in [0.15, 0.2) is 24.3 Å². The number of hydrogen-bond acceptors (Lipinski definition) is 5. The van der Waals surface area contributed by atoms with Crippen molar-refractivity contribution in [1.29, 1.82) is 0 Å². The Morgan fingerprint density at radius 3 is 2.90 bits per heavy atom. The number of halogens is 2. The van der Waals surface area contributed by atoms with Crippen LogP contribution in [0.4, 0.5) is 10.2 Å². The Hall–Kier alpha value is -1.47. The molecule has 4 atom stereocenters. The Morgan fingerprint density at radius 2 is 2.17 bits per heavy atom. The Morgan fingerprint density at radius 1 is 1.34 bits per heavy atom. The van der Waals surface area contributed by atoms with Gasteiger partial charge >= 0.3 is 0 Å². The van der Waals surface area contributed by atoms with Gasteiger partial charge < -0.3 is 15.1 Å². The number of pyridine rings is 1. The number of aliphatic hydroxyl groups is 2. The fourth-order valence-electron chi connectivity index (χ4n) is 4.75. The van der Waals surface area contributed by atoms with E-state index in [-0.39, 0.29) is 0 Å². The quantitative estimate of drug-likeness (QED) is 0.637. The molecular formula is C22H29ClFN3O2. The predicted octanol–water partition coefficient (Wildman–Crippen LogP) is 3.96. The van der Waals surface area contributed by atoms with E-state index >= 15 is 0 Å². The van der Waals surface area contributed by atoms with Crippen LogP contribution in [-0.2, 0) is 0 Å². The smallest absolute Gasteiger partial charge is 0.133 e. The van der Waals surface area contributed by atoms with E-state index in [0.29, 0.717) is 48.1 Å². The highest BCUT2D eigenvalue weighted by Gasteiger charge is 2.33. The van der Waals surface area contributed by atoms with Gasteiger partial charge in [0.15, 0.2) is 0 Å². The van der Waals surface area contributed by atoms with Crippen molar-refractivity contribution < 1.29 is 14.6 Å². The minimum absolute atomic E-state index is 0.308. The number of aromatic nitrogens is 1. The third kappa shape index (κ3) is 4.50. The van der Waals surface area contributed by atoms with E-state index in [0.717, 1.165) is 36.9 Å². The highest BCUT2D eigenvalue weighted by molar-refractivity contribution is 6.32. The lowest BCUT2D eigenvalue weighted by atomic mass is 9.79. The molecular weight excluding hydrogens is 393 g/mol. The van der Waals surface area contributed by atoms with Crippen molar-refractivity contribution in [2.24, 2.45) is 5.92 Å². The molecule has 3 N–H and O–H groups in total. The van der Waals surface area contributed by atoms with E-state index in [2.05, 4.69) is 17.2 Å². The molecule has 0 radical (unpaired) electrons. The Kier molecular flexibility index (Phi) is 5.98. The van der Waals surface area contributed by atoms with Crippen molar-refractivity contribution in [2.75, 3.05) is 24.5 Å². The molecule has 2 fully saturated rings. The summed E-state index contributed by atoms with van der Waals surface area (Å²) in [5, 5.41) is 25.9. The van der Waals surface area contributed by atoms with Gasteiger partial charge in [-0.15, -0.1) is 0 Å². The number of benzene rings is 1. The van der Waals surface area contributed by atoms with E-state index in [1.165, 1.54) is 0 Å². The van der Waals surface area contributed by atoms with Gasteiger partial charge in [0.25, 0.3) is 0 Å². The Bertz CT molecular complexity index is 883. The number of aliphatic hydroxyl groups excluding tert-OH is 1. The first-order valence-corrected chi connectivity index (χ1v) is 10.8. The molecule has 0 amide bonds. The van der Waals surface area contributed by atoms with Crippen LogP contribution >= 0.6 is 11.6 Å². The molecule has 2 heterocycles. The highest BCUT2D eigenvalue weighted by Crippen LogP contribution is 2.34. The highest BCUT2D eigenvalue weighted by atomic mass is 35.5. The molecule has 4 rings (SSSR count). The molecule has 1 saturated carbocycles. The second-order valence-electron chi connectivity index (χ2n) is 8.74. The first kappa shape index (κ1) is 20.8. The zero-order valence-corrected chi connectivity index (χ0v) is 17.5. The molecule has 1 saturated heterocycles. The average Bonchev–Trinajstić information content (AvgIpc) is 3.12. The molecule has 2 aromatic rings. The van der Waals surface area contributed by atoms with Crippen LogP contribution in [0.3, 0.4) is 0 Å². The maximum atomic E-state index is 13.5. The lowest BCUT2D eigenvalue weighted by Crippen LogP contribution is -2.45. The van der Waals surface area contributed by atoms with Crippen LogP contribution in [0, 0.1) is 5.92 Å². The van der Waals surface area contributed by atoms with Crippen molar-refractivity contribution >= 4 is 28.3 Å². The molecule has 158 valence electrons. The van der Waals surface area contributed by atoms with Crippen LogP contribution in [-0.4, -0.2) is 46.6 Å². The maximum absolute atomic E-state index is 13.5. The van der Waals surface area contributed by atoms with Gasteiger partial charge in [-0.2, -0.15) is 0 Å². The second kappa shape index (κ2) is 8.34. The van der Waals surface area contributed by atoms with Crippen LogP contribution in [0.1, 0.15) is 50.8 Å². The lowest BCUT2D eigenvalue weighted by molar-refractivity contribution is -0.0241. The zero-order valence-electron chi connectivity index (χ0n) is 16.7. The molecule has 0 bridgehead atoms. The third-order valence-corrected chi connectivity index (χ3v) is 6.59. The molecule has 7 heteroatoms. The first-order valence-electron chi connectivity index (χ1n) is 10.5. The summed E-state index contributed by atoms with van der Waals surface area (Å²) < 4.78 is 13.5. The summed E-state index contributed by atoms with van der Waals surface area (Å²) in [6.45, 7) is 3.47. The van der Waals surface area contributed by atoms with E-state index in [1.54, 1.807) is 6.07 Å². The molecule has 1 aliphatic heterocycles. The van der Waals surface area contributed by atoms with Gasteiger partial charge in [0, 0.05) is 29.1 Å². The standard InChI is InChI=1S/C22H29ClFN3O2/c1-14-3-2-9-22(29,11-14)13-25-21(28)20-16-4-7-19(27-10-8-15(24)12-27)26-18(16)6-5-17(20)23/h4-7,14-15,21,25,28-29H,2-3,8-13H2,1H3/t14-,15?,21?,22-/m1/s1. The first-order chi connectivity index (χ1) is 13.8. The minimum Gasteiger partial charge on any atom is -0.389 e. The number of fused-ring (bicyclic) bond motifs is 1. The second-order valence-corrected chi connectivity index (χ2v) is 9.15. The van der Waals surface area contributed by atoms with Crippen molar-refractivity contribution in [3.8, 4) is 0 Å². The van der Waals surface area contributed by atoms with Gasteiger partial charge in [0.1, 0.15) is 18.2 Å². The van der Waals surface area contributed by atoms with Crippen LogP contribution < -0.4 is 10.2 Å². The number of nitrogens with one attached hydrogen (secondary N) is 1. The molecule has 29 heavy (non-hydrogen) atoms. The number of anilines is 1. The maximum Gasteiger partial charge on any atom is 0.133 e. The van der Waals surface area contributed by atoms with Gasteiger partial charge in [-0.1, -0.05) is 31.4 Å². The van der Waals surface area contributed by atoms with Crippen molar-refractivity contribution in [3.63, 3.8) is 0 Å². The number of alkyl halides is 1. The summed E-state index contributed by atoms with van der Waals surface area (Å²) in [5.41, 5.74) is 0.454. The normalized spacial score (nSPS) is 28.8. The van der Waals surface area contributed by atoms with Crippen molar-refractivity contribution in [3.05, 3.63) is 34.9 Å². The molecule has 1 aromatic heterocycles. The molecule has 1 aliphatic carbocycles. The summed E-state index contributed by atoms with van der Waals surface area (Å²) in [6.07, 6.45) is 2.29. The molecule has 1 aromatic carbocycles. The third-order valence-electron chi connectivity index (χ3n) is 6.27. The Labute approximate surface area is 175 Å². The summed E-state index contributed by atoms with van der Waals surface area (Å²) in [5.74, 6) is 1.21.